The molecule has 1 N–H and O–H groups in total. The van der Waals surface area contributed by atoms with Crippen LogP contribution in [0.1, 0.15) is 29.7 Å². The van der Waals surface area contributed by atoms with Crippen molar-refractivity contribution in [3.8, 4) is 11.3 Å². The van der Waals surface area contributed by atoms with Gasteiger partial charge in [-0.15, -0.1) is 11.3 Å². The highest BCUT2D eigenvalue weighted by Crippen LogP contribution is 2.23. The van der Waals surface area contributed by atoms with Crippen LogP contribution in [0.5, 0.6) is 0 Å². The second-order valence-corrected chi connectivity index (χ2v) is 6.26. The zero-order chi connectivity index (χ0) is 19.2. The van der Waals surface area contributed by atoms with Crippen LogP contribution < -0.4 is 5.32 Å². The van der Waals surface area contributed by atoms with E-state index in [4.69, 9.17) is 9.15 Å². The van der Waals surface area contributed by atoms with Crippen LogP contribution in [-0.4, -0.2) is 28.5 Å². The fraction of sp³-hybridized carbons (Fsp3) is 0.222. The maximum atomic E-state index is 13.8. The van der Waals surface area contributed by atoms with Crippen LogP contribution in [0.3, 0.4) is 0 Å². The number of nitrogens with zero attached hydrogens (tertiary/aromatic N) is 2. The van der Waals surface area contributed by atoms with E-state index in [0.717, 1.165) is 11.3 Å². The molecule has 2 heterocycles. The highest BCUT2D eigenvalue weighted by molar-refractivity contribution is 7.14. The molecule has 3 aromatic rings. The second-order valence-electron chi connectivity index (χ2n) is 5.40. The molecule has 2 aromatic heterocycles. The average molecular weight is 389 g/mol. The van der Waals surface area contributed by atoms with Crippen LogP contribution in [0.4, 0.5) is 9.52 Å². The summed E-state index contributed by atoms with van der Waals surface area (Å²) in [5.74, 6) is -0.600. The van der Waals surface area contributed by atoms with E-state index < -0.39 is 11.8 Å². The lowest BCUT2D eigenvalue weighted by atomic mass is 10.2. The van der Waals surface area contributed by atoms with Gasteiger partial charge in [-0.3, -0.25) is 4.79 Å². The molecule has 0 fully saturated rings. The van der Waals surface area contributed by atoms with Gasteiger partial charge in [0.25, 0.3) is 0 Å². The second kappa shape index (κ2) is 8.54. The van der Waals surface area contributed by atoms with E-state index in [9.17, 15) is 14.0 Å². The first-order valence-corrected chi connectivity index (χ1v) is 9.07. The minimum Gasteiger partial charge on any atom is -0.461 e. The Morgan fingerprint density at radius 2 is 2.15 bits per heavy atom. The van der Waals surface area contributed by atoms with E-state index in [2.05, 4.69) is 15.3 Å². The number of halogens is 1. The highest BCUT2D eigenvalue weighted by Gasteiger charge is 2.15. The van der Waals surface area contributed by atoms with E-state index in [1.807, 2.05) is 0 Å². The molecule has 140 valence electrons. The summed E-state index contributed by atoms with van der Waals surface area (Å²) >= 11 is 1.13. The molecule has 0 saturated carbocycles. The quantitative estimate of drug-likeness (QED) is 0.620. The minimum absolute atomic E-state index is 0.103. The van der Waals surface area contributed by atoms with Crippen LogP contribution in [0.2, 0.25) is 0 Å². The molecule has 0 aliphatic rings. The monoisotopic (exact) mass is 389 g/mol. The Morgan fingerprint density at radius 3 is 2.93 bits per heavy atom. The molecule has 0 spiro atoms. The number of esters is 1. The van der Waals surface area contributed by atoms with Crippen molar-refractivity contribution >= 4 is 28.3 Å². The molecule has 0 bridgehead atoms. The van der Waals surface area contributed by atoms with Crippen molar-refractivity contribution in [1.82, 2.24) is 9.97 Å². The summed E-state index contributed by atoms with van der Waals surface area (Å²) < 4.78 is 24.1. The standard InChI is InChI=1S/C18H16FN3O4S/c1-2-25-17(24)13-10-27-18(21-13)22-15(23)7-8-16-20-9-14(26-16)11-5-3-4-6-12(11)19/h3-6,9-10H,2,7-8H2,1H3,(H,21,22,23). The van der Waals surface area contributed by atoms with Crippen LogP contribution in [0.25, 0.3) is 11.3 Å². The number of aromatic nitrogens is 2. The molecule has 1 aromatic carbocycles. The first-order chi connectivity index (χ1) is 13.1. The van der Waals surface area contributed by atoms with E-state index in [1.165, 1.54) is 17.6 Å². The number of hydrogen-bond donors (Lipinski definition) is 1. The Labute approximate surface area is 158 Å². The lowest BCUT2D eigenvalue weighted by Crippen LogP contribution is -2.13. The van der Waals surface area contributed by atoms with E-state index in [1.54, 1.807) is 25.1 Å². The van der Waals surface area contributed by atoms with E-state index >= 15 is 0 Å². The van der Waals surface area contributed by atoms with Crippen molar-refractivity contribution in [3.63, 3.8) is 0 Å². The number of aryl methyl sites for hydroxylation is 1. The number of benzene rings is 1. The fourth-order valence-corrected chi connectivity index (χ4v) is 2.94. The third kappa shape index (κ3) is 4.76. The molecule has 7 nitrogen and oxygen atoms in total. The topological polar surface area (TPSA) is 94.3 Å². The Kier molecular flexibility index (Phi) is 5.92. The van der Waals surface area contributed by atoms with Gasteiger partial charge in [0.15, 0.2) is 22.5 Å². The molecular weight excluding hydrogens is 373 g/mol. The van der Waals surface area contributed by atoms with Gasteiger partial charge < -0.3 is 14.5 Å². The van der Waals surface area contributed by atoms with Crippen molar-refractivity contribution in [2.45, 2.75) is 19.8 Å². The number of nitrogens with one attached hydrogen (secondary N) is 1. The lowest BCUT2D eigenvalue weighted by molar-refractivity contribution is -0.116. The van der Waals surface area contributed by atoms with Gasteiger partial charge >= 0.3 is 5.97 Å². The Bertz CT molecular complexity index is 953. The summed E-state index contributed by atoms with van der Waals surface area (Å²) in [5, 5.41) is 4.43. The summed E-state index contributed by atoms with van der Waals surface area (Å²) in [6.45, 7) is 1.95. The van der Waals surface area contributed by atoms with Gasteiger partial charge in [0.2, 0.25) is 5.91 Å². The molecule has 1 amide bonds. The van der Waals surface area contributed by atoms with Crippen molar-refractivity contribution in [2.24, 2.45) is 0 Å². The van der Waals surface area contributed by atoms with Crippen LogP contribution in [-0.2, 0) is 16.0 Å². The summed E-state index contributed by atoms with van der Waals surface area (Å²) in [4.78, 5) is 31.7. The number of carbonyl (C=O) groups excluding carboxylic acids is 2. The van der Waals surface area contributed by atoms with Crippen molar-refractivity contribution in [2.75, 3.05) is 11.9 Å². The molecule has 0 unspecified atom stereocenters. The lowest BCUT2D eigenvalue weighted by Gasteiger charge is -2.00. The molecule has 0 aliphatic carbocycles. The van der Waals surface area contributed by atoms with Crippen molar-refractivity contribution < 1.29 is 23.1 Å². The number of carbonyl (C=O) groups is 2. The van der Waals surface area contributed by atoms with E-state index in [0.29, 0.717) is 22.3 Å². The molecule has 0 saturated heterocycles. The maximum absolute atomic E-state index is 13.8. The normalized spacial score (nSPS) is 10.6. The molecule has 0 radical (unpaired) electrons. The van der Waals surface area contributed by atoms with Crippen LogP contribution in [0, 0.1) is 5.82 Å². The summed E-state index contributed by atoms with van der Waals surface area (Å²) in [6, 6.07) is 6.22. The Hall–Kier alpha value is -3.07. The summed E-state index contributed by atoms with van der Waals surface area (Å²) in [6.07, 6.45) is 1.78. The average Bonchev–Trinajstić information content (AvgIpc) is 3.30. The predicted octanol–water partition coefficient (Wildman–Crippen LogP) is 3.69. The van der Waals surface area contributed by atoms with Crippen LogP contribution >= 0.6 is 11.3 Å². The Morgan fingerprint density at radius 1 is 1.33 bits per heavy atom. The summed E-state index contributed by atoms with van der Waals surface area (Å²) in [7, 11) is 0. The van der Waals surface area contributed by atoms with Gasteiger partial charge in [-0.2, -0.15) is 0 Å². The van der Waals surface area contributed by atoms with Gasteiger partial charge in [0.05, 0.1) is 18.4 Å². The molecular formula is C18H16FN3O4S. The zero-order valence-electron chi connectivity index (χ0n) is 14.4. The molecule has 0 aliphatic heterocycles. The number of thiazole rings is 1. The Balaban J connectivity index is 1.54. The fourth-order valence-electron chi connectivity index (χ4n) is 2.24. The van der Waals surface area contributed by atoms with Crippen molar-refractivity contribution in [1.29, 1.82) is 0 Å². The maximum Gasteiger partial charge on any atom is 0.357 e. The summed E-state index contributed by atoms with van der Waals surface area (Å²) in [5.41, 5.74) is 0.467. The largest absolute Gasteiger partial charge is 0.461 e. The highest BCUT2D eigenvalue weighted by atomic mass is 32.1. The molecule has 3 rings (SSSR count). The van der Waals surface area contributed by atoms with Gasteiger partial charge in [0.1, 0.15) is 5.82 Å². The number of ether oxygens (including phenoxy) is 1. The molecule has 27 heavy (non-hydrogen) atoms. The third-order valence-electron chi connectivity index (χ3n) is 3.49. The van der Waals surface area contributed by atoms with Crippen molar-refractivity contribution in [3.05, 3.63) is 53.2 Å². The third-order valence-corrected chi connectivity index (χ3v) is 4.25. The minimum atomic E-state index is -0.533. The van der Waals surface area contributed by atoms with Crippen LogP contribution in [0.15, 0.2) is 40.3 Å². The first kappa shape index (κ1) is 18.7. The number of oxazole rings is 1. The molecule has 0 atom stereocenters. The van der Waals surface area contributed by atoms with Gasteiger partial charge in [-0.1, -0.05) is 12.1 Å². The number of rotatable bonds is 7. The van der Waals surface area contributed by atoms with Gasteiger partial charge in [-0.05, 0) is 19.1 Å². The van der Waals surface area contributed by atoms with E-state index in [-0.39, 0.29) is 31.0 Å². The molecule has 9 heteroatoms. The van der Waals surface area contributed by atoms with Gasteiger partial charge in [0, 0.05) is 18.2 Å². The predicted molar refractivity (Wildman–Crippen MR) is 96.9 cm³/mol. The van der Waals surface area contributed by atoms with Gasteiger partial charge in [-0.25, -0.2) is 19.2 Å². The zero-order valence-corrected chi connectivity index (χ0v) is 15.2. The number of amides is 1. The number of anilines is 1. The first-order valence-electron chi connectivity index (χ1n) is 8.19. The SMILES string of the molecule is CCOC(=O)c1csc(NC(=O)CCc2ncc(-c3ccccc3F)o2)n1. The smallest absolute Gasteiger partial charge is 0.357 e. The number of hydrogen-bond acceptors (Lipinski definition) is 7.